The molecule has 0 spiro atoms. The molecule has 0 bridgehead atoms. The molecule has 3 rings (SSSR count). The fourth-order valence-corrected chi connectivity index (χ4v) is 3.81. The van der Waals surface area contributed by atoms with Crippen LogP contribution in [0.25, 0.3) is 0 Å². The molecule has 5 heteroatoms. The van der Waals surface area contributed by atoms with E-state index in [0.717, 1.165) is 23.6 Å². The summed E-state index contributed by atoms with van der Waals surface area (Å²) in [4.78, 5) is 2.68. The topological polar surface area (TPSA) is 58.5 Å². The van der Waals surface area contributed by atoms with Gasteiger partial charge in [-0.3, -0.25) is 0 Å². The molecule has 0 aliphatic heterocycles. The van der Waals surface area contributed by atoms with Gasteiger partial charge in [-0.25, -0.2) is 4.83 Å². The predicted octanol–water partition coefficient (Wildman–Crippen LogP) is 2.70. The molecular formula is C15H20N2O2S. The first kappa shape index (κ1) is 13.6. The van der Waals surface area contributed by atoms with Crippen LogP contribution in [0.1, 0.15) is 31.7 Å². The zero-order chi connectivity index (χ0) is 14.3. The summed E-state index contributed by atoms with van der Waals surface area (Å²) in [6.07, 6.45) is 3.55. The molecule has 2 fully saturated rings. The number of hydrogen-bond acceptors (Lipinski definition) is 3. The van der Waals surface area contributed by atoms with Crippen molar-refractivity contribution >= 4 is 15.7 Å². The van der Waals surface area contributed by atoms with Crippen LogP contribution < -0.4 is 4.83 Å². The molecule has 108 valence electrons. The van der Waals surface area contributed by atoms with Crippen LogP contribution in [-0.2, 0) is 10.0 Å². The summed E-state index contributed by atoms with van der Waals surface area (Å²) in [5.74, 6) is 1.65. The minimum Gasteiger partial charge on any atom is -0.200 e. The summed E-state index contributed by atoms with van der Waals surface area (Å²) in [5, 5.41) is 4.24. The quantitative estimate of drug-likeness (QED) is 0.871. The van der Waals surface area contributed by atoms with Gasteiger partial charge in [0.15, 0.2) is 0 Å². The number of benzene rings is 1. The molecule has 0 radical (unpaired) electrons. The van der Waals surface area contributed by atoms with E-state index in [9.17, 15) is 8.42 Å². The highest BCUT2D eigenvalue weighted by molar-refractivity contribution is 7.89. The summed E-state index contributed by atoms with van der Waals surface area (Å²) >= 11 is 0. The molecule has 3 unspecified atom stereocenters. The van der Waals surface area contributed by atoms with E-state index in [1.165, 1.54) is 12.8 Å². The van der Waals surface area contributed by atoms with Crippen LogP contribution in [0, 0.1) is 24.7 Å². The molecule has 2 aliphatic carbocycles. The van der Waals surface area contributed by atoms with Gasteiger partial charge >= 0.3 is 0 Å². The smallest absolute Gasteiger partial charge is 0.200 e. The number of hydrazone groups is 1. The van der Waals surface area contributed by atoms with Gasteiger partial charge in [-0.1, -0.05) is 24.6 Å². The molecule has 0 saturated heterocycles. The van der Waals surface area contributed by atoms with E-state index in [-0.39, 0.29) is 4.90 Å². The molecule has 3 atom stereocenters. The molecule has 2 aliphatic rings. The van der Waals surface area contributed by atoms with Crippen molar-refractivity contribution in [2.75, 3.05) is 0 Å². The number of aryl methyl sites for hydroxylation is 1. The molecular weight excluding hydrogens is 272 g/mol. The lowest BCUT2D eigenvalue weighted by Crippen LogP contribution is -2.26. The summed E-state index contributed by atoms with van der Waals surface area (Å²) in [7, 11) is -3.54. The van der Waals surface area contributed by atoms with Crippen LogP contribution in [0.4, 0.5) is 0 Å². The molecule has 1 aromatic carbocycles. The van der Waals surface area contributed by atoms with Crippen molar-refractivity contribution in [2.45, 2.75) is 38.0 Å². The Morgan fingerprint density at radius 2 is 1.90 bits per heavy atom. The maximum Gasteiger partial charge on any atom is 0.276 e. The number of nitrogens with zero attached hydrogens (tertiary/aromatic N) is 1. The highest BCUT2D eigenvalue weighted by Gasteiger charge is 2.46. The maximum atomic E-state index is 12.2. The van der Waals surface area contributed by atoms with Crippen LogP contribution in [0.15, 0.2) is 34.3 Å². The Morgan fingerprint density at radius 3 is 2.60 bits per heavy atom. The number of nitrogens with one attached hydrogen (secondary N) is 1. The average molecular weight is 292 g/mol. The van der Waals surface area contributed by atoms with Crippen LogP contribution in [0.5, 0.6) is 0 Å². The van der Waals surface area contributed by atoms with Crippen molar-refractivity contribution in [3.63, 3.8) is 0 Å². The van der Waals surface area contributed by atoms with Gasteiger partial charge in [0, 0.05) is 11.6 Å². The van der Waals surface area contributed by atoms with E-state index >= 15 is 0 Å². The third-order valence-corrected chi connectivity index (χ3v) is 5.63. The van der Waals surface area contributed by atoms with Gasteiger partial charge in [0.25, 0.3) is 10.0 Å². The standard InChI is InChI=1S/C15H20N2O2S/c1-10-3-7-13(8-4-10)20(18,19)17-16-15-11(2)5-6-12-9-14(12)15/h3-4,7-8,11-12,14,17H,5-6,9H2,1-2H3/b16-15-. The third-order valence-electron chi connectivity index (χ3n) is 4.40. The summed E-state index contributed by atoms with van der Waals surface area (Å²) < 4.78 is 24.4. The van der Waals surface area contributed by atoms with Gasteiger partial charge in [-0.15, -0.1) is 0 Å². The van der Waals surface area contributed by atoms with Crippen LogP contribution in [0.2, 0.25) is 0 Å². The Bertz CT molecular complexity index is 630. The number of rotatable bonds is 3. The second kappa shape index (κ2) is 4.88. The minimum atomic E-state index is -3.54. The lowest BCUT2D eigenvalue weighted by molar-refractivity contribution is 0.531. The maximum absolute atomic E-state index is 12.2. The fourth-order valence-electron chi connectivity index (χ4n) is 2.98. The molecule has 1 aromatic rings. The van der Waals surface area contributed by atoms with Crippen LogP contribution in [0.3, 0.4) is 0 Å². The zero-order valence-electron chi connectivity index (χ0n) is 11.8. The number of hydrogen-bond donors (Lipinski definition) is 1. The minimum absolute atomic E-state index is 0.267. The number of fused-ring (bicyclic) bond motifs is 1. The van der Waals surface area contributed by atoms with Crippen molar-refractivity contribution in [3.05, 3.63) is 29.8 Å². The SMILES string of the molecule is Cc1ccc(S(=O)(=O)N/N=C2/C(C)CCC3CC23)cc1. The Morgan fingerprint density at radius 1 is 1.20 bits per heavy atom. The Balaban J connectivity index is 1.78. The van der Waals surface area contributed by atoms with E-state index in [1.807, 2.05) is 6.92 Å². The van der Waals surface area contributed by atoms with E-state index in [0.29, 0.717) is 11.8 Å². The Kier molecular flexibility index (Phi) is 3.32. The van der Waals surface area contributed by atoms with E-state index in [1.54, 1.807) is 24.3 Å². The van der Waals surface area contributed by atoms with Crippen LogP contribution >= 0.6 is 0 Å². The molecule has 0 amide bonds. The normalized spacial score (nSPS) is 30.9. The average Bonchev–Trinajstić information content (AvgIpc) is 3.17. The van der Waals surface area contributed by atoms with Gasteiger partial charge in [0.05, 0.1) is 4.90 Å². The summed E-state index contributed by atoms with van der Waals surface area (Å²) in [5.41, 5.74) is 2.08. The zero-order valence-corrected chi connectivity index (χ0v) is 12.7. The fraction of sp³-hybridized carbons (Fsp3) is 0.533. The molecule has 0 heterocycles. The van der Waals surface area contributed by atoms with Crippen molar-refractivity contribution < 1.29 is 8.42 Å². The molecule has 20 heavy (non-hydrogen) atoms. The lowest BCUT2D eigenvalue weighted by Gasteiger charge is -2.19. The lowest BCUT2D eigenvalue weighted by atomic mass is 9.89. The summed E-state index contributed by atoms with van der Waals surface area (Å²) in [6.45, 7) is 4.06. The van der Waals surface area contributed by atoms with E-state index in [4.69, 9.17) is 0 Å². The molecule has 2 saturated carbocycles. The molecule has 4 nitrogen and oxygen atoms in total. The summed E-state index contributed by atoms with van der Waals surface area (Å²) in [6, 6.07) is 6.81. The largest absolute Gasteiger partial charge is 0.276 e. The van der Waals surface area contributed by atoms with Gasteiger partial charge < -0.3 is 0 Å². The predicted molar refractivity (Wildman–Crippen MR) is 78.9 cm³/mol. The number of sulfonamides is 1. The Labute approximate surface area is 120 Å². The van der Waals surface area contributed by atoms with E-state index < -0.39 is 10.0 Å². The molecule has 0 aromatic heterocycles. The molecule has 1 N–H and O–H groups in total. The third kappa shape index (κ3) is 2.59. The second-order valence-corrected chi connectivity index (χ2v) is 7.69. The first-order valence-corrected chi connectivity index (χ1v) is 8.61. The second-order valence-electron chi connectivity index (χ2n) is 6.03. The van der Waals surface area contributed by atoms with Crippen molar-refractivity contribution in [1.82, 2.24) is 4.83 Å². The van der Waals surface area contributed by atoms with Crippen molar-refractivity contribution in [2.24, 2.45) is 22.9 Å². The first-order valence-electron chi connectivity index (χ1n) is 7.13. The van der Waals surface area contributed by atoms with Gasteiger partial charge in [-0.2, -0.15) is 13.5 Å². The monoisotopic (exact) mass is 292 g/mol. The first-order chi connectivity index (χ1) is 9.47. The highest BCUT2D eigenvalue weighted by atomic mass is 32.2. The van der Waals surface area contributed by atoms with Gasteiger partial charge in [0.2, 0.25) is 0 Å². The van der Waals surface area contributed by atoms with Crippen molar-refractivity contribution in [1.29, 1.82) is 0 Å². The Hall–Kier alpha value is -1.36. The highest BCUT2D eigenvalue weighted by Crippen LogP contribution is 2.49. The van der Waals surface area contributed by atoms with Gasteiger partial charge in [0.1, 0.15) is 0 Å². The van der Waals surface area contributed by atoms with Gasteiger partial charge in [-0.05, 0) is 50.2 Å². The van der Waals surface area contributed by atoms with Crippen molar-refractivity contribution in [3.8, 4) is 0 Å². The van der Waals surface area contributed by atoms with E-state index in [2.05, 4.69) is 16.9 Å². The van der Waals surface area contributed by atoms with Crippen LogP contribution in [-0.4, -0.2) is 14.1 Å².